The Balaban J connectivity index is 3.92. The molecule has 2 nitrogen and oxygen atoms in total. The number of alkyl halides is 5. The molecule has 0 atom stereocenters. The summed E-state index contributed by atoms with van der Waals surface area (Å²) in [6, 6.07) is 0. The van der Waals surface area contributed by atoms with E-state index in [1.807, 2.05) is 0 Å². The van der Waals surface area contributed by atoms with E-state index < -0.39 is 25.7 Å². The highest BCUT2D eigenvalue weighted by Gasteiger charge is 2.31. The molecule has 0 heterocycles. The Morgan fingerprint density at radius 3 is 2.08 bits per heavy atom. The van der Waals surface area contributed by atoms with Crippen LogP contribution in [-0.4, -0.2) is 37.0 Å². The van der Waals surface area contributed by atoms with Crippen LogP contribution in [0.5, 0.6) is 0 Å². The third-order valence-electron chi connectivity index (χ3n) is 0.904. The van der Waals surface area contributed by atoms with Crippen molar-refractivity contribution in [1.82, 2.24) is 4.90 Å². The van der Waals surface area contributed by atoms with Gasteiger partial charge in [0, 0.05) is 0 Å². The zero-order chi connectivity index (χ0) is 9.78. The Morgan fingerprint density at radius 1 is 1.33 bits per heavy atom. The van der Waals surface area contributed by atoms with Crippen LogP contribution in [0, 0.1) is 0 Å². The first-order valence-electron chi connectivity index (χ1n) is 2.89. The van der Waals surface area contributed by atoms with E-state index in [-0.39, 0.29) is 11.3 Å². The highest BCUT2D eigenvalue weighted by molar-refractivity contribution is 5.47. The molecule has 0 aliphatic rings. The molecule has 0 bridgehead atoms. The van der Waals surface area contributed by atoms with E-state index in [9.17, 15) is 26.7 Å². The van der Waals surface area contributed by atoms with Crippen molar-refractivity contribution in [2.45, 2.75) is 12.6 Å². The molecule has 0 aromatic carbocycles. The molecule has 0 spiro atoms. The minimum absolute atomic E-state index is 0.0231. The summed E-state index contributed by atoms with van der Waals surface area (Å²) in [7, 11) is 0. The summed E-state index contributed by atoms with van der Waals surface area (Å²) in [5.74, 6) is 0. The highest BCUT2D eigenvalue weighted by Crippen LogP contribution is 2.15. The van der Waals surface area contributed by atoms with Gasteiger partial charge in [-0.05, 0) is 0 Å². The van der Waals surface area contributed by atoms with E-state index in [2.05, 4.69) is 0 Å². The van der Waals surface area contributed by atoms with Crippen LogP contribution in [0.2, 0.25) is 0 Å². The van der Waals surface area contributed by atoms with Gasteiger partial charge in [-0.3, -0.25) is 4.79 Å². The van der Waals surface area contributed by atoms with Crippen LogP contribution < -0.4 is 0 Å². The molecule has 7 heteroatoms. The van der Waals surface area contributed by atoms with Gasteiger partial charge >= 0.3 is 6.18 Å². The molecule has 0 aromatic rings. The number of hydrogen-bond donors (Lipinski definition) is 0. The lowest BCUT2D eigenvalue weighted by Crippen LogP contribution is -2.36. The van der Waals surface area contributed by atoms with Gasteiger partial charge in [0.05, 0.1) is 6.54 Å². The lowest BCUT2D eigenvalue weighted by molar-refractivity contribution is -0.156. The lowest BCUT2D eigenvalue weighted by Gasteiger charge is -2.17. The lowest BCUT2D eigenvalue weighted by atomic mass is 10.5. The Labute approximate surface area is 64.9 Å². The van der Waals surface area contributed by atoms with Crippen molar-refractivity contribution >= 4 is 6.41 Å². The maximum Gasteiger partial charge on any atom is 0.406 e. The van der Waals surface area contributed by atoms with E-state index in [4.69, 9.17) is 0 Å². The fourth-order valence-electron chi connectivity index (χ4n) is 0.552. The Hall–Kier alpha value is -0.880. The Kier molecular flexibility index (Phi) is 3.91. The van der Waals surface area contributed by atoms with Gasteiger partial charge in [-0.25, -0.2) is 8.78 Å². The fourth-order valence-corrected chi connectivity index (χ4v) is 0.552. The Morgan fingerprint density at radius 2 is 1.83 bits per heavy atom. The first kappa shape index (κ1) is 11.1. The quantitative estimate of drug-likeness (QED) is 0.484. The number of carbonyl (C=O) groups excluding carboxylic acids is 1. The summed E-state index contributed by atoms with van der Waals surface area (Å²) >= 11 is 0. The molecule has 1 amide bonds. The molecule has 12 heavy (non-hydrogen) atoms. The van der Waals surface area contributed by atoms with E-state index >= 15 is 0 Å². The summed E-state index contributed by atoms with van der Waals surface area (Å²) in [5.41, 5.74) is 0. The molecule has 0 rings (SSSR count). The third kappa shape index (κ3) is 5.87. The molecule has 0 saturated heterocycles. The van der Waals surface area contributed by atoms with Gasteiger partial charge < -0.3 is 4.90 Å². The second-order valence-corrected chi connectivity index (χ2v) is 2.04. The molecule has 0 radical (unpaired) electrons. The maximum absolute atomic E-state index is 11.5. The van der Waals surface area contributed by atoms with Crippen LogP contribution in [0.25, 0.3) is 0 Å². The van der Waals surface area contributed by atoms with Gasteiger partial charge in [0.15, 0.2) is 0 Å². The summed E-state index contributed by atoms with van der Waals surface area (Å²) in [6.07, 6.45) is -7.83. The smallest absolute Gasteiger partial charge is 0.330 e. The van der Waals surface area contributed by atoms with Crippen LogP contribution in [0.1, 0.15) is 0 Å². The van der Waals surface area contributed by atoms with Crippen LogP contribution >= 0.6 is 0 Å². The first-order valence-corrected chi connectivity index (χ1v) is 2.89. The first-order chi connectivity index (χ1) is 5.35. The van der Waals surface area contributed by atoms with E-state index in [0.29, 0.717) is 0 Å². The van der Waals surface area contributed by atoms with Crippen molar-refractivity contribution < 1.29 is 26.7 Å². The SMILES string of the molecule is O=CN(CC(F)F)CC(F)(F)F. The third-order valence-corrected chi connectivity index (χ3v) is 0.904. The Bertz CT molecular complexity index is 145. The monoisotopic (exact) mass is 191 g/mol. The van der Waals surface area contributed by atoms with Crippen LogP contribution in [0.3, 0.4) is 0 Å². The summed E-state index contributed by atoms with van der Waals surface area (Å²) in [4.78, 5) is 9.79. The van der Waals surface area contributed by atoms with Crippen molar-refractivity contribution in [3.05, 3.63) is 0 Å². The molecule has 0 aromatic heterocycles. The molecule has 0 aliphatic heterocycles. The van der Waals surface area contributed by atoms with Crippen LogP contribution in [0.4, 0.5) is 22.0 Å². The predicted molar refractivity (Wildman–Crippen MR) is 29.7 cm³/mol. The van der Waals surface area contributed by atoms with Gasteiger partial charge in [-0.15, -0.1) is 0 Å². The van der Waals surface area contributed by atoms with Gasteiger partial charge in [0.1, 0.15) is 6.54 Å². The zero-order valence-corrected chi connectivity index (χ0v) is 5.81. The normalized spacial score (nSPS) is 11.8. The molecular formula is C5H6F5NO. The number of halogens is 5. The molecule has 0 aliphatic carbocycles. The largest absolute Gasteiger partial charge is 0.406 e. The van der Waals surface area contributed by atoms with Gasteiger partial charge in [-0.2, -0.15) is 13.2 Å². The summed E-state index contributed by atoms with van der Waals surface area (Å²) in [5, 5.41) is 0. The second kappa shape index (κ2) is 4.22. The molecule has 72 valence electrons. The molecule has 0 unspecified atom stereocenters. The molecule has 0 fully saturated rings. The van der Waals surface area contributed by atoms with Crippen LogP contribution in [-0.2, 0) is 4.79 Å². The summed E-state index contributed by atoms with van der Waals surface area (Å²) < 4.78 is 57.5. The number of hydrogen-bond acceptors (Lipinski definition) is 1. The topological polar surface area (TPSA) is 20.3 Å². The second-order valence-electron chi connectivity index (χ2n) is 2.04. The van der Waals surface area contributed by atoms with Crippen molar-refractivity contribution in [1.29, 1.82) is 0 Å². The van der Waals surface area contributed by atoms with Crippen molar-refractivity contribution in [3.8, 4) is 0 Å². The van der Waals surface area contributed by atoms with Crippen LogP contribution in [0.15, 0.2) is 0 Å². The molecule has 0 saturated carbocycles. The van der Waals surface area contributed by atoms with E-state index in [1.165, 1.54) is 0 Å². The minimum Gasteiger partial charge on any atom is -0.330 e. The summed E-state index contributed by atoms with van der Waals surface area (Å²) in [6.45, 7) is -2.83. The van der Waals surface area contributed by atoms with Crippen molar-refractivity contribution in [2.75, 3.05) is 13.1 Å². The number of amides is 1. The van der Waals surface area contributed by atoms with Gasteiger partial charge in [0.2, 0.25) is 6.41 Å². The molecule has 0 N–H and O–H groups in total. The zero-order valence-electron chi connectivity index (χ0n) is 5.81. The number of nitrogens with zero attached hydrogens (tertiary/aromatic N) is 1. The average molecular weight is 191 g/mol. The minimum atomic E-state index is -4.63. The van der Waals surface area contributed by atoms with Crippen molar-refractivity contribution in [3.63, 3.8) is 0 Å². The maximum atomic E-state index is 11.5. The van der Waals surface area contributed by atoms with Crippen molar-refractivity contribution in [2.24, 2.45) is 0 Å². The molecular weight excluding hydrogens is 185 g/mol. The predicted octanol–water partition coefficient (Wildman–Crippen LogP) is 1.27. The van der Waals surface area contributed by atoms with Gasteiger partial charge in [-0.1, -0.05) is 0 Å². The van der Waals surface area contributed by atoms with Gasteiger partial charge in [0.25, 0.3) is 6.43 Å². The fraction of sp³-hybridized carbons (Fsp3) is 0.800. The highest BCUT2D eigenvalue weighted by atomic mass is 19.4. The number of carbonyl (C=O) groups is 1. The number of rotatable bonds is 4. The van der Waals surface area contributed by atoms with E-state index in [1.54, 1.807) is 0 Å². The van der Waals surface area contributed by atoms with E-state index in [0.717, 1.165) is 0 Å². The average Bonchev–Trinajstić information content (AvgIpc) is 1.82. The standard InChI is InChI=1S/C5H6F5NO/c6-4(7)1-11(3-12)2-5(8,9)10/h3-4H,1-2H2.